The topological polar surface area (TPSA) is 38.0 Å². The number of rotatable bonds is 4. The normalized spacial score (nSPS) is 28.6. The second-order valence-corrected chi connectivity index (χ2v) is 6.41. The van der Waals surface area contributed by atoms with Crippen LogP contribution in [0.25, 0.3) is 0 Å². The van der Waals surface area contributed by atoms with E-state index in [1.165, 1.54) is 6.42 Å². The van der Waals surface area contributed by atoms with Crippen LogP contribution in [-0.2, 0) is 12.1 Å². The first-order valence-electron chi connectivity index (χ1n) is 7.81. The number of aromatic nitrogens is 2. The van der Waals surface area contributed by atoms with Crippen molar-refractivity contribution >= 4 is 0 Å². The Labute approximate surface area is 117 Å². The lowest BCUT2D eigenvalue weighted by Gasteiger charge is -2.27. The van der Waals surface area contributed by atoms with Crippen LogP contribution >= 0.6 is 0 Å². The van der Waals surface area contributed by atoms with Gasteiger partial charge in [0.1, 0.15) is 11.4 Å². The van der Waals surface area contributed by atoms with Gasteiger partial charge >= 0.3 is 0 Å². The Morgan fingerprint density at radius 2 is 2.21 bits per heavy atom. The zero-order valence-corrected chi connectivity index (χ0v) is 12.6. The predicted molar refractivity (Wildman–Crippen MR) is 77.8 cm³/mol. The van der Waals surface area contributed by atoms with Gasteiger partial charge in [-0.2, -0.15) is 0 Å². The van der Waals surface area contributed by atoms with Gasteiger partial charge in [0.25, 0.3) is 0 Å². The zero-order valence-electron chi connectivity index (χ0n) is 12.6. The highest BCUT2D eigenvalue weighted by atomic mass is 16.3. The average Bonchev–Trinajstić information content (AvgIpc) is 2.73. The Balaban J connectivity index is 2.15. The Hall–Kier alpha value is -0.830. The smallest absolute Gasteiger partial charge is 0.140 e. The molecule has 3 heteroatoms. The molecule has 3 nitrogen and oxygen atoms in total. The van der Waals surface area contributed by atoms with Gasteiger partial charge in [-0.25, -0.2) is 4.98 Å². The highest BCUT2D eigenvalue weighted by Crippen LogP contribution is 2.39. The van der Waals surface area contributed by atoms with E-state index in [0.717, 1.165) is 56.3 Å². The first kappa shape index (κ1) is 14.6. The van der Waals surface area contributed by atoms with Gasteiger partial charge < -0.3 is 9.67 Å². The van der Waals surface area contributed by atoms with E-state index in [-0.39, 0.29) is 0 Å². The molecule has 2 unspecified atom stereocenters. The lowest BCUT2D eigenvalue weighted by atomic mass is 9.87. The van der Waals surface area contributed by atoms with Crippen molar-refractivity contribution < 1.29 is 5.11 Å². The van der Waals surface area contributed by atoms with E-state index < -0.39 is 5.60 Å². The highest BCUT2D eigenvalue weighted by Gasteiger charge is 2.36. The number of hydrogen-bond acceptors (Lipinski definition) is 2. The molecule has 1 aromatic heterocycles. The molecule has 1 aliphatic rings. The molecular weight excluding hydrogens is 236 g/mol. The van der Waals surface area contributed by atoms with Crippen molar-refractivity contribution in [1.82, 2.24) is 9.55 Å². The Bertz CT molecular complexity index is 399. The van der Waals surface area contributed by atoms with Crippen LogP contribution in [0.2, 0.25) is 0 Å². The molecule has 0 amide bonds. The number of aryl methyl sites for hydroxylation is 1. The summed E-state index contributed by atoms with van der Waals surface area (Å²) < 4.78 is 2.13. The van der Waals surface area contributed by atoms with Crippen LogP contribution in [0.4, 0.5) is 0 Å². The second kappa shape index (κ2) is 6.08. The minimum atomic E-state index is -0.706. The van der Waals surface area contributed by atoms with Gasteiger partial charge in [-0.3, -0.25) is 0 Å². The zero-order chi connectivity index (χ0) is 13.9. The molecule has 0 aliphatic heterocycles. The summed E-state index contributed by atoms with van der Waals surface area (Å²) in [5.41, 5.74) is -0.706. The molecule has 0 aromatic carbocycles. The quantitative estimate of drug-likeness (QED) is 0.842. The fourth-order valence-corrected chi connectivity index (χ4v) is 3.38. The standard InChI is InChI=1S/C16H28N2O/c1-4-11-18-12-10-17-15(18)16(19)8-5-6-14(7-9-16)13(2)3/h10,12-14,19H,4-9,11H2,1-3H3. The minimum Gasteiger partial charge on any atom is -0.382 e. The van der Waals surface area contributed by atoms with Crippen LogP contribution in [0.15, 0.2) is 12.4 Å². The molecular formula is C16H28N2O. The maximum absolute atomic E-state index is 11.0. The molecule has 0 spiro atoms. The fourth-order valence-electron chi connectivity index (χ4n) is 3.38. The molecule has 1 heterocycles. The third-order valence-electron chi connectivity index (χ3n) is 4.63. The molecule has 0 saturated heterocycles. The van der Waals surface area contributed by atoms with E-state index in [1.54, 1.807) is 0 Å². The Kier molecular flexibility index (Phi) is 4.67. The highest BCUT2D eigenvalue weighted by molar-refractivity contribution is 5.06. The third-order valence-corrected chi connectivity index (χ3v) is 4.63. The molecule has 1 N–H and O–H groups in total. The van der Waals surface area contributed by atoms with Gasteiger partial charge in [-0.05, 0) is 43.9 Å². The Morgan fingerprint density at radius 1 is 1.42 bits per heavy atom. The van der Waals surface area contributed by atoms with Crippen molar-refractivity contribution in [2.45, 2.75) is 71.4 Å². The van der Waals surface area contributed by atoms with E-state index >= 15 is 0 Å². The summed E-state index contributed by atoms with van der Waals surface area (Å²) >= 11 is 0. The van der Waals surface area contributed by atoms with Crippen LogP contribution in [0.3, 0.4) is 0 Å². The maximum atomic E-state index is 11.0. The number of nitrogens with zero attached hydrogens (tertiary/aromatic N) is 2. The lowest BCUT2D eigenvalue weighted by molar-refractivity contribution is 0.00692. The van der Waals surface area contributed by atoms with Crippen molar-refractivity contribution in [3.63, 3.8) is 0 Å². The number of aliphatic hydroxyl groups is 1. The van der Waals surface area contributed by atoms with Crippen LogP contribution in [0, 0.1) is 11.8 Å². The van der Waals surface area contributed by atoms with Crippen molar-refractivity contribution in [2.75, 3.05) is 0 Å². The molecule has 0 bridgehead atoms. The Morgan fingerprint density at radius 3 is 2.89 bits per heavy atom. The predicted octanol–water partition coefficient (Wildman–Crippen LogP) is 3.72. The van der Waals surface area contributed by atoms with E-state index in [9.17, 15) is 5.11 Å². The maximum Gasteiger partial charge on any atom is 0.140 e. The first-order chi connectivity index (χ1) is 9.07. The summed E-state index contributed by atoms with van der Waals surface area (Å²) in [6, 6.07) is 0. The molecule has 1 aromatic rings. The van der Waals surface area contributed by atoms with E-state index in [1.807, 2.05) is 12.4 Å². The van der Waals surface area contributed by atoms with E-state index in [0.29, 0.717) is 0 Å². The van der Waals surface area contributed by atoms with Crippen molar-refractivity contribution in [3.8, 4) is 0 Å². The van der Waals surface area contributed by atoms with Crippen LogP contribution < -0.4 is 0 Å². The third kappa shape index (κ3) is 3.19. The second-order valence-electron chi connectivity index (χ2n) is 6.41. The molecule has 2 rings (SSSR count). The van der Waals surface area contributed by atoms with Gasteiger partial charge in [0.2, 0.25) is 0 Å². The molecule has 0 radical (unpaired) electrons. The molecule has 19 heavy (non-hydrogen) atoms. The summed E-state index contributed by atoms with van der Waals surface area (Å²) in [5.74, 6) is 2.36. The van der Waals surface area contributed by atoms with Crippen LogP contribution in [0.1, 0.15) is 65.1 Å². The molecule has 1 aliphatic carbocycles. The average molecular weight is 264 g/mol. The summed E-state index contributed by atoms with van der Waals surface area (Å²) in [4.78, 5) is 4.45. The van der Waals surface area contributed by atoms with Crippen molar-refractivity contribution in [1.29, 1.82) is 0 Å². The van der Waals surface area contributed by atoms with E-state index in [2.05, 4.69) is 30.3 Å². The first-order valence-corrected chi connectivity index (χ1v) is 7.81. The lowest BCUT2D eigenvalue weighted by Crippen LogP contribution is -2.29. The summed E-state index contributed by atoms with van der Waals surface area (Å²) in [6.45, 7) is 7.71. The summed E-state index contributed by atoms with van der Waals surface area (Å²) in [7, 11) is 0. The molecule has 2 atom stereocenters. The van der Waals surface area contributed by atoms with Gasteiger partial charge in [-0.15, -0.1) is 0 Å². The monoisotopic (exact) mass is 264 g/mol. The fraction of sp³-hybridized carbons (Fsp3) is 0.812. The SMILES string of the molecule is CCCn1ccnc1C1(O)CCCC(C(C)C)CC1. The van der Waals surface area contributed by atoms with Gasteiger partial charge in [0, 0.05) is 18.9 Å². The van der Waals surface area contributed by atoms with Crippen molar-refractivity contribution in [3.05, 3.63) is 18.2 Å². The van der Waals surface area contributed by atoms with Crippen molar-refractivity contribution in [2.24, 2.45) is 11.8 Å². The largest absolute Gasteiger partial charge is 0.382 e. The van der Waals surface area contributed by atoms with Crippen LogP contribution in [-0.4, -0.2) is 14.7 Å². The molecule has 1 saturated carbocycles. The minimum absolute atomic E-state index is 0.706. The van der Waals surface area contributed by atoms with Crippen LogP contribution in [0.5, 0.6) is 0 Å². The van der Waals surface area contributed by atoms with Gasteiger partial charge in [-0.1, -0.05) is 27.2 Å². The molecule has 108 valence electrons. The van der Waals surface area contributed by atoms with Gasteiger partial charge in [0.05, 0.1) is 0 Å². The number of imidazole rings is 1. The summed E-state index contributed by atoms with van der Waals surface area (Å²) in [5, 5.41) is 11.0. The van der Waals surface area contributed by atoms with Gasteiger partial charge in [0.15, 0.2) is 0 Å². The van der Waals surface area contributed by atoms with E-state index in [4.69, 9.17) is 0 Å². The molecule has 1 fully saturated rings. The number of hydrogen-bond donors (Lipinski definition) is 1. The summed E-state index contributed by atoms with van der Waals surface area (Å²) in [6.07, 6.45) is 10.1.